The van der Waals surface area contributed by atoms with Gasteiger partial charge in [-0.05, 0) is 36.1 Å². The molecule has 0 saturated heterocycles. The number of nitrogens with one attached hydrogen (secondary N) is 1. The number of hydrogen-bond donors (Lipinski definition) is 1. The maximum absolute atomic E-state index is 12.1. The fraction of sp³-hybridized carbons (Fsp3) is 0.350. The van der Waals surface area contributed by atoms with Crippen LogP contribution in [0.3, 0.4) is 0 Å². The highest BCUT2D eigenvalue weighted by Crippen LogP contribution is 2.24. The Morgan fingerprint density at radius 1 is 0.880 bits per heavy atom. The van der Waals surface area contributed by atoms with Crippen LogP contribution in [0.15, 0.2) is 42.5 Å². The van der Waals surface area contributed by atoms with Crippen molar-refractivity contribution >= 4 is 5.91 Å². The lowest BCUT2D eigenvalue weighted by atomic mass is 10.1. The minimum absolute atomic E-state index is 0.0263. The predicted molar refractivity (Wildman–Crippen MR) is 97.6 cm³/mol. The average molecular weight is 343 g/mol. The lowest BCUT2D eigenvalue weighted by Gasteiger charge is -2.11. The lowest BCUT2D eigenvalue weighted by molar-refractivity contribution is -0.121. The molecule has 134 valence electrons. The van der Waals surface area contributed by atoms with E-state index in [1.165, 1.54) is 0 Å². The second-order valence-electron chi connectivity index (χ2n) is 5.59. The van der Waals surface area contributed by atoms with E-state index in [1.54, 1.807) is 21.3 Å². The maximum Gasteiger partial charge on any atom is 0.220 e. The molecule has 5 heteroatoms. The molecule has 0 atom stereocenters. The van der Waals surface area contributed by atoms with E-state index >= 15 is 0 Å². The number of rotatable bonds is 9. The minimum Gasteiger partial charge on any atom is -0.497 e. The van der Waals surface area contributed by atoms with E-state index < -0.39 is 0 Å². The fourth-order valence-electron chi connectivity index (χ4n) is 2.64. The first-order chi connectivity index (χ1) is 12.2. The summed E-state index contributed by atoms with van der Waals surface area (Å²) >= 11 is 0. The van der Waals surface area contributed by atoms with E-state index in [0.29, 0.717) is 25.8 Å². The second-order valence-corrected chi connectivity index (χ2v) is 5.59. The van der Waals surface area contributed by atoms with Crippen LogP contribution in [-0.4, -0.2) is 33.8 Å². The molecule has 0 bridgehead atoms. The molecular formula is C20H25NO4. The summed E-state index contributed by atoms with van der Waals surface area (Å²) < 4.78 is 15.9. The molecular weight excluding hydrogens is 318 g/mol. The smallest absolute Gasteiger partial charge is 0.220 e. The molecule has 0 aromatic heterocycles. The van der Waals surface area contributed by atoms with Crippen LogP contribution >= 0.6 is 0 Å². The van der Waals surface area contributed by atoms with Crippen molar-refractivity contribution in [2.24, 2.45) is 0 Å². The van der Waals surface area contributed by atoms with Gasteiger partial charge in [0.05, 0.1) is 21.3 Å². The first-order valence-corrected chi connectivity index (χ1v) is 8.27. The first kappa shape index (κ1) is 18.6. The summed E-state index contributed by atoms with van der Waals surface area (Å²) in [5, 5.41) is 2.95. The molecule has 2 aromatic rings. The average Bonchev–Trinajstić information content (AvgIpc) is 2.66. The van der Waals surface area contributed by atoms with Crippen molar-refractivity contribution in [3.05, 3.63) is 53.6 Å². The Kier molecular flexibility index (Phi) is 7.14. The number of aryl methyl sites for hydroxylation is 1. The van der Waals surface area contributed by atoms with Gasteiger partial charge in [-0.1, -0.05) is 24.3 Å². The summed E-state index contributed by atoms with van der Waals surface area (Å²) in [5.74, 6) is 2.36. The summed E-state index contributed by atoms with van der Waals surface area (Å²) in [6, 6.07) is 13.5. The maximum atomic E-state index is 12.1. The van der Waals surface area contributed by atoms with E-state index in [-0.39, 0.29) is 5.91 Å². The van der Waals surface area contributed by atoms with E-state index in [2.05, 4.69) is 5.32 Å². The van der Waals surface area contributed by atoms with Crippen LogP contribution in [0.1, 0.15) is 17.5 Å². The minimum atomic E-state index is 0.0263. The number of amides is 1. The molecule has 0 radical (unpaired) electrons. The zero-order chi connectivity index (χ0) is 18.1. The molecule has 0 spiro atoms. The van der Waals surface area contributed by atoms with E-state index in [4.69, 9.17) is 14.2 Å². The van der Waals surface area contributed by atoms with Gasteiger partial charge in [0, 0.05) is 19.0 Å². The van der Waals surface area contributed by atoms with Crippen LogP contribution in [0.25, 0.3) is 0 Å². The molecule has 2 rings (SSSR count). The molecule has 0 unspecified atom stereocenters. The molecule has 2 aromatic carbocycles. The Hall–Kier alpha value is -2.69. The van der Waals surface area contributed by atoms with Gasteiger partial charge in [0.2, 0.25) is 5.91 Å². The Morgan fingerprint density at radius 2 is 1.60 bits per heavy atom. The highest BCUT2D eigenvalue weighted by atomic mass is 16.5. The van der Waals surface area contributed by atoms with Gasteiger partial charge in [0.1, 0.15) is 17.2 Å². The van der Waals surface area contributed by atoms with Gasteiger partial charge in [0.15, 0.2) is 0 Å². The van der Waals surface area contributed by atoms with Crippen molar-refractivity contribution in [3.63, 3.8) is 0 Å². The molecule has 0 aliphatic rings. The third kappa shape index (κ3) is 5.41. The standard InChI is InChI=1S/C20H25NO4/c1-23-17-10-8-16(19(14-17)25-3)12-13-21-20(22)11-9-15-6-4-5-7-18(15)24-2/h4-8,10,14H,9,11-13H2,1-3H3,(H,21,22). The molecule has 0 saturated carbocycles. The third-order valence-electron chi connectivity index (χ3n) is 4.02. The summed E-state index contributed by atoms with van der Waals surface area (Å²) in [5.41, 5.74) is 2.07. The number of para-hydroxylation sites is 1. The number of carbonyl (C=O) groups is 1. The van der Waals surface area contributed by atoms with E-state index in [9.17, 15) is 4.79 Å². The quantitative estimate of drug-likeness (QED) is 0.760. The Bertz CT molecular complexity index is 700. The Morgan fingerprint density at radius 3 is 2.32 bits per heavy atom. The van der Waals surface area contributed by atoms with Gasteiger partial charge in [-0.25, -0.2) is 0 Å². The number of ether oxygens (including phenoxy) is 3. The number of hydrogen-bond acceptors (Lipinski definition) is 4. The Balaban J connectivity index is 1.81. The van der Waals surface area contributed by atoms with Crippen LogP contribution in [0.5, 0.6) is 17.2 Å². The molecule has 0 heterocycles. The summed E-state index contributed by atoms with van der Waals surface area (Å²) in [6.07, 6.45) is 1.79. The Labute approximate surface area is 148 Å². The highest BCUT2D eigenvalue weighted by Gasteiger charge is 2.08. The topological polar surface area (TPSA) is 56.8 Å². The van der Waals surface area contributed by atoms with Crippen LogP contribution in [-0.2, 0) is 17.6 Å². The first-order valence-electron chi connectivity index (χ1n) is 8.27. The van der Waals surface area contributed by atoms with Crippen molar-refractivity contribution < 1.29 is 19.0 Å². The lowest BCUT2D eigenvalue weighted by Crippen LogP contribution is -2.26. The third-order valence-corrected chi connectivity index (χ3v) is 4.02. The molecule has 25 heavy (non-hydrogen) atoms. The molecule has 0 fully saturated rings. The molecule has 5 nitrogen and oxygen atoms in total. The summed E-state index contributed by atoms with van der Waals surface area (Å²) in [6.45, 7) is 0.563. The molecule has 0 aliphatic carbocycles. The van der Waals surface area contributed by atoms with Crippen molar-refractivity contribution in [1.29, 1.82) is 0 Å². The normalized spacial score (nSPS) is 10.2. The number of methoxy groups -OCH3 is 3. The van der Waals surface area contributed by atoms with Crippen LogP contribution < -0.4 is 19.5 Å². The van der Waals surface area contributed by atoms with E-state index in [0.717, 1.165) is 28.4 Å². The van der Waals surface area contributed by atoms with Gasteiger partial charge in [-0.2, -0.15) is 0 Å². The number of benzene rings is 2. The van der Waals surface area contributed by atoms with Gasteiger partial charge < -0.3 is 19.5 Å². The zero-order valence-electron chi connectivity index (χ0n) is 15.0. The molecule has 1 N–H and O–H groups in total. The van der Waals surface area contributed by atoms with Gasteiger partial charge in [0.25, 0.3) is 0 Å². The zero-order valence-corrected chi connectivity index (χ0v) is 15.0. The largest absolute Gasteiger partial charge is 0.497 e. The predicted octanol–water partition coefficient (Wildman–Crippen LogP) is 3.00. The van der Waals surface area contributed by atoms with E-state index in [1.807, 2.05) is 42.5 Å². The van der Waals surface area contributed by atoms with Gasteiger partial charge in [-0.15, -0.1) is 0 Å². The van der Waals surface area contributed by atoms with Crippen LogP contribution in [0.2, 0.25) is 0 Å². The summed E-state index contributed by atoms with van der Waals surface area (Å²) in [4.78, 5) is 12.1. The SMILES string of the molecule is COc1ccc(CCNC(=O)CCc2ccccc2OC)c(OC)c1. The van der Waals surface area contributed by atoms with Crippen LogP contribution in [0, 0.1) is 0 Å². The second kappa shape index (κ2) is 9.57. The monoisotopic (exact) mass is 343 g/mol. The fourth-order valence-corrected chi connectivity index (χ4v) is 2.64. The number of carbonyl (C=O) groups excluding carboxylic acids is 1. The van der Waals surface area contributed by atoms with Crippen molar-refractivity contribution in [1.82, 2.24) is 5.32 Å². The summed E-state index contributed by atoms with van der Waals surface area (Å²) in [7, 11) is 4.89. The molecule has 1 amide bonds. The van der Waals surface area contributed by atoms with Crippen molar-refractivity contribution in [2.75, 3.05) is 27.9 Å². The molecule has 0 aliphatic heterocycles. The van der Waals surface area contributed by atoms with Crippen molar-refractivity contribution in [2.45, 2.75) is 19.3 Å². The highest BCUT2D eigenvalue weighted by molar-refractivity contribution is 5.76. The van der Waals surface area contributed by atoms with Gasteiger partial charge >= 0.3 is 0 Å². The van der Waals surface area contributed by atoms with Crippen molar-refractivity contribution in [3.8, 4) is 17.2 Å². The van der Waals surface area contributed by atoms with Gasteiger partial charge in [-0.3, -0.25) is 4.79 Å². The van der Waals surface area contributed by atoms with Crippen LogP contribution in [0.4, 0.5) is 0 Å².